The first kappa shape index (κ1) is 13.7. The summed E-state index contributed by atoms with van der Waals surface area (Å²) < 4.78 is 0. The summed E-state index contributed by atoms with van der Waals surface area (Å²) in [5.41, 5.74) is 2.66. The molecule has 0 fully saturated rings. The molecule has 1 aliphatic rings. The molecule has 0 saturated carbocycles. The summed E-state index contributed by atoms with van der Waals surface area (Å²) in [7, 11) is 0. The summed E-state index contributed by atoms with van der Waals surface area (Å²) in [6, 6.07) is 10.6. The zero-order chi connectivity index (χ0) is 13.9. The summed E-state index contributed by atoms with van der Waals surface area (Å²) in [5.74, 6) is 0.377. The van der Waals surface area contributed by atoms with Crippen molar-refractivity contribution < 1.29 is 5.11 Å². The van der Waals surface area contributed by atoms with Gasteiger partial charge in [-0.1, -0.05) is 13.0 Å². The highest BCUT2D eigenvalue weighted by Crippen LogP contribution is 2.32. The normalized spacial score (nSPS) is 17.9. The zero-order valence-corrected chi connectivity index (χ0v) is 12.7. The molecule has 2 aromatic rings. The van der Waals surface area contributed by atoms with Crippen molar-refractivity contribution in [3.63, 3.8) is 0 Å². The zero-order valence-electron chi connectivity index (χ0n) is 11.9. The fourth-order valence-corrected chi connectivity index (χ4v) is 3.84. The molecule has 1 heterocycles. The monoisotopic (exact) mass is 287 g/mol. The molecular formula is C17H21NOS. The second-order valence-corrected chi connectivity index (χ2v) is 6.68. The van der Waals surface area contributed by atoms with Crippen LogP contribution in [0.25, 0.3) is 0 Å². The van der Waals surface area contributed by atoms with Crippen LogP contribution >= 0.6 is 11.3 Å². The van der Waals surface area contributed by atoms with Crippen molar-refractivity contribution in [3.05, 3.63) is 51.2 Å². The minimum Gasteiger partial charge on any atom is -0.508 e. The SMILES string of the molecule is CCc1ccc(CNC2CCCc3ccc(O)cc32)s1. The third kappa shape index (κ3) is 2.89. The van der Waals surface area contributed by atoms with Gasteiger partial charge in [0.2, 0.25) is 0 Å². The van der Waals surface area contributed by atoms with Gasteiger partial charge < -0.3 is 10.4 Å². The smallest absolute Gasteiger partial charge is 0.115 e. The van der Waals surface area contributed by atoms with Crippen molar-refractivity contribution in [2.75, 3.05) is 0 Å². The van der Waals surface area contributed by atoms with E-state index in [-0.39, 0.29) is 0 Å². The van der Waals surface area contributed by atoms with E-state index < -0.39 is 0 Å². The maximum absolute atomic E-state index is 9.70. The highest BCUT2D eigenvalue weighted by atomic mass is 32.1. The second kappa shape index (κ2) is 5.98. The van der Waals surface area contributed by atoms with E-state index >= 15 is 0 Å². The van der Waals surface area contributed by atoms with Gasteiger partial charge >= 0.3 is 0 Å². The Bertz CT molecular complexity index is 590. The standard InChI is InChI=1S/C17H21NOS/c1-2-14-8-9-15(20-14)11-18-17-5-3-4-12-6-7-13(19)10-16(12)17/h6-10,17-19H,2-5,11H2,1H3. The van der Waals surface area contributed by atoms with Gasteiger partial charge in [0.05, 0.1) is 0 Å². The van der Waals surface area contributed by atoms with Crippen LogP contribution in [0.4, 0.5) is 0 Å². The maximum Gasteiger partial charge on any atom is 0.115 e. The molecule has 0 aliphatic heterocycles. The highest BCUT2D eigenvalue weighted by molar-refractivity contribution is 7.11. The average Bonchev–Trinajstić information content (AvgIpc) is 2.93. The lowest BCUT2D eigenvalue weighted by atomic mass is 9.87. The van der Waals surface area contributed by atoms with Gasteiger partial charge in [-0.05, 0) is 61.1 Å². The number of hydrogen-bond acceptors (Lipinski definition) is 3. The Morgan fingerprint density at radius 2 is 2.10 bits per heavy atom. The molecule has 3 heteroatoms. The Labute approximate surface area is 124 Å². The lowest BCUT2D eigenvalue weighted by Crippen LogP contribution is -2.24. The van der Waals surface area contributed by atoms with E-state index in [0.29, 0.717) is 11.8 Å². The Morgan fingerprint density at radius 3 is 2.90 bits per heavy atom. The first-order chi connectivity index (χ1) is 9.76. The van der Waals surface area contributed by atoms with Crippen LogP contribution in [0.2, 0.25) is 0 Å². The molecule has 0 radical (unpaired) electrons. The van der Waals surface area contributed by atoms with Crippen LogP contribution in [0.15, 0.2) is 30.3 Å². The van der Waals surface area contributed by atoms with Crippen LogP contribution in [-0.4, -0.2) is 5.11 Å². The maximum atomic E-state index is 9.70. The van der Waals surface area contributed by atoms with Crippen LogP contribution in [0, 0.1) is 0 Å². The minimum atomic E-state index is 0.373. The Kier molecular flexibility index (Phi) is 4.08. The Balaban J connectivity index is 1.71. The van der Waals surface area contributed by atoms with E-state index in [2.05, 4.69) is 30.4 Å². The summed E-state index contributed by atoms with van der Waals surface area (Å²) in [5, 5.41) is 13.4. The average molecular weight is 287 g/mol. The Hall–Kier alpha value is -1.32. The van der Waals surface area contributed by atoms with Gasteiger partial charge in [0.1, 0.15) is 5.75 Å². The second-order valence-electron chi connectivity index (χ2n) is 5.43. The molecular weight excluding hydrogens is 266 g/mol. The predicted molar refractivity (Wildman–Crippen MR) is 84.3 cm³/mol. The number of aryl methyl sites for hydroxylation is 2. The van der Waals surface area contributed by atoms with Crippen LogP contribution in [0.3, 0.4) is 0 Å². The number of thiophene rings is 1. The van der Waals surface area contributed by atoms with Gasteiger partial charge in [-0.2, -0.15) is 0 Å². The number of rotatable bonds is 4. The molecule has 0 bridgehead atoms. The van der Waals surface area contributed by atoms with E-state index in [1.807, 2.05) is 17.4 Å². The van der Waals surface area contributed by atoms with Crippen molar-refractivity contribution in [1.29, 1.82) is 0 Å². The van der Waals surface area contributed by atoms with Crippen molar-refractivity contribution >= 4 is 11.3 Å². The third-order valence-electron chi connectivity index (χ3n) is 4.03. The van der Waals surface area contributed by atoms with E-state index in [9.17, 15) is 5.11 Å². The number of phenolic OH excluding ortho intramolecular Hbond substituents is 1. The highest BCUT2D eigenvalue weighted by Gasteiger charge is 2.20. The van der Waals surface area contributed by atoms with E-state index in [1.165, 1.54) is 27.3 Å². The molecule has 106 valence electrons. The molecule has 3 rings (SSSR count). The third-order valence-corrected chi connectivity index (χ3v) is 5.26. The molecule has 2 N–H and O–H groups in total. The van der Waals surface area contributed by atoms with Gasteiger partial charge in [0.15, 0.2) is 0 Å². The van der Waals surface area contributed by atoms with Crippen LogP contribution in [0.5, 0.6) is 5.75 Å². The molecule has 1 unspecified atom stereocenters. The molecule has 0 spiro atoms. The molecule has 0 saturated heterocycles. The number of nitrogens with one attached hydrogen (secondary N) is 1. The molecule has 1 aliphatic carbocycles. The first-order valence-electron chi connectivity index (χ1n) is 7.39. The molecule has 20 heavy (non-hydrogen) atoms. The molecule has 2 nitrogen and oxygen atoms in total. The van der Waals surface area contributed by atoms with E-state index in [1.54, 1.807) is 6.07 Å². The van der Waals surface area contributed by atoms with Crippen molar-refractivity contribution in [3.8, 4) is 5.75 Å². The molecule has 0 amide bonds. The predicted octanol–water partition coefficient (Wildman–Crippen LogP) is 4.18. The first-order valence-corrected chi connectivity index (χ1v) is 8.20. The number of aromatic hydroxyl groups is 1. The molecule has 1 atom stereocenters. The minimum absolute atomic E-state index is 0.373. The van der Waals surface area contributed by atoms with E-state index in [4.69, 9.17) is 0 Å². The van der Waals surface area contributed by atoms with Gasteiger partial charge in [0, 0.05) is 22.3 Å². The number of fused-ring (bicyclic) bond motifs is 1. The van der Waals surface area contributed by atoms with Gasteiger partial charge in [-0.25, -0.2) is 0 Å². The number of phenols is 1. The summed E-state index contributed by atoms with van der Waals surface area (Å²) in [4.78, 5) is 2.85. The van der Waals surface area contributed by atoms with Gasteiger partial charge in [0.25, 0.3) is 0 Å². The van der Waals surface area contributed by atoms with Gasteiger partial charge in [-0.15, -0.1) is 11.3 Å². The lowest BCUT2D eigenvalue weighted by molar-refractivity contribution is 0.447. The van der Waals surface area contributed by atoms with Crippen LogP contribution < -0.4 is 5.32 Å². The van der Waals surface area contributed by atoms with Crippen molar-refractivity contribution in [2.24, 2.45) is 0 Å². The fraction of sp³-hybridized carbons (Fsp3) is 0.412. The van der Waals surface area contributed by atoms with Crippen LogP contribution in [-0.2, 0) is 19.4 Å². The fourth-order valence-electron chi connectivity index (χ4n) is 2.93. The topological polar surface area (TPSA) is 32.3 Å². The van der Waals surface area contributed by atoms with Gasteiger partial charge in [-0.3, -0.25) is 0 Å². The van der Waals surface area contributed by atoms with E-state index in [0.717, 1.165) is 25.8 Å². The Morgan fingerprint density at radius 1 is 1.25 bits per heavy atom. The summed E-state index contributed by atoms with van der Waals surface area (Å²) in [6.45, 7) is 3.12. The number of benzene rings is 1. The lowest BCUT2D eigenvalue weighted by Gasteiger charge is -2.26. The number of hydrogen-bond donors (Lipinski definition) is 2. The van der Waals surface area contributed by atoms with Crippen LogP contribution in [0.1, 0.15) is 46.7 Å². The summed E-state index contributed by atoms with van der Waals surface area (Å²) >= 11 is 1.89. The molecule has 1 aromatic carbocycles. The largest absolute Gasteiger partial charge is 0.508 e. The summed E-state index contributed by atoms with van der Waals surface area (Å²) in [6.07, 6.45) is 4.63. The quantitative estimate of drug-likeness (QED) is 0.884. The molecule has 1 aromatic heterocycles. The van der Waals surface area contributed by atoms with Crippen molar-refractivity contribution in [2.45, 2.75) is 45.2 Å². The van der Waals surface area contributed by atoms with Crippen molar-refractivity contribution in [1.82, 2.24) is 5.32 Å².